The predicted molar refractivity (Wildman–Crippen MR) is 100 cm³/mol. The Morgan fingerprint density at radius 1 is 1.08 bits per heavy atom. The molecule has 26 heavy (non-hydrogen) atoms. The van der Waals surface area contributed by atoms with Gasteiger partial charge in [-0.05, 0) is 79.4 Å². The quantitative estimate of drug-likeness (QED) is 0.802. The van der Waals surface area contributed by atoms with Gasteiger partial charge in [-0.15, -0.1) is 0 Å². The monoisotopic (exact) mass is 361 g/mol. The number of fused-ring (bicyclic) bond motifs is 5. The van der Waals surface area contributed by atoms with Crippen LogP contribution in [-0.2, 0) is 9.59 Å². The summed E-state index contributed by atoms with van der Waals surface area (Å²) in [6.45, 7) is 6.77. The summed E-state index contributed by atoms with van der Waals surface area (Å²) in [5, 5.41) is 9.59. The van der Waals surface area contributed by atoms with Crippen LogP contribution in [0.4, 0.5) is 0 Å². The molecule has 3 saturated carbocycles. The van der Waals surface area contributed by atoms with Crippen LogP contribution in [-0.4, -0.2) is 35.0 Å². The van der Waals surface area contributed by atoms with Crippen molar-refractivity contribution in [1.82, 2.24) is 4.90 Å². The third-order valence-corrected chi connectivity index (χ3v) is 9.62. The molecule has 3 aliphatic carbocycles. The SMILES string of the molecule is C[C@H](C(=O)O)[C@H]1CCC2C3CC[C@H]4N(C)C(=O)CC[C@]4(C)C3CC[C@@]21C. The van der Waals surface area contributed by atoms with Gasteiger partial charge in [0.1, 0.15) is 0 Å². The Labute approximate surface area is 157 Å². The maximum absolute atomic E-state index is 12.2. The van der Waals surface area contributed by atoms with Crippen LogP contribution in [0.3, 0.4) is 0 Å². The topological polar surface area (TPSA) is 57.6 Å². The molecule has 0 aromatic heterocycles. The van der Waals surface area contributed by atoms with Crippen molar-refractivity contribution in [3.05, 3.63) is 0 Å². The van der Waals surface area contributed by atoms with Crippen LogP contribution in [0, 0.1) is 40.4 Å². The van der Waals surface area contributed by atoms with Gasteiger partial charge in [-0.2, -0.15) is 0 Å². The Morgan fingerprint density at radius 2 is 1.77 bits per heavy atom. The molecule has 146 valence electrons. The zero-order valence-electron chi connectivity index (χ0n) is 16.8. The van der Waals surface area contributed by atoms with E-state index >= 15 is 0 Å². The van der Waals surface area contributed by atoms with E-state index in [4.69, 9.17) is 0 Å². The zero-order chi connectivity index (χ0) is 18.9. The smallest absolute Gasteiger partial charge is 0.306 e. The molecule has 0 aromatic rings. The molecular formula is C22H35NO3. The van der Waals surface area contributed by atoms with E-state index in [0.717, 1.165) is 25.2 Å². The minimum Gasteiger partial charge on any atom is -0.481 e. The highest BCUT2D eigenvalue weighted by Gasteiger charge is 2.61. The Bertz CT molecular complexity index is 619. The van der Waals surface area contributed by atoms with Crippen LogP contribution < -0.4 is 0 Å². The predicted octanol–water partition coefficient (Wildman–Crippen LogP) is 4.19. The zero-order valence-corrected chi connectivity index (χ0v) is 16.8. The van der Waals surface area contributed by atoms with Crippen molar-refractivity contribution in [3.8, 4) is 0 Å². The summed E-state index contributed by atoms with van der Waals surface area (Å²) in [5.74, 6) is 1.90. The minimum absolute atomic E-state index is 0.193. The molecule has 0 bridgehead atoms. The lowest BCUT2D eigenvalue weighted by Gasteiger charge is -2.62. The Morgan fingerprint density at radius 3 is 2.46 bits per heavy atom. The first kappa shape index (κ1) is 18.3. The fourth-order valence-corrected chi connectivity index (χ4v) is 8.18. The van der Waals surface area contributed by atoms with Crippen LogP contribution in [0.1, 0.15) is 72.1 Å². The number of carboxylic acids is 1. The molecular weight excluding hydrogens is 326 g/mol. The van der Waals surface area contributed by atoms with Crippen molar-refractivity contribution >= 4 is 11.9 Å². The van der Waals surface area contributed by atoms with Crippen LogP contribution in [0.2, 0.25) is 0 Å². The van der Waals surface area contributed by atoms with Crippen molar-refractivity contribution in [2.75, 3.05) is 7.05 Å². The van der Waals surface area contributed by atoms with Gasteiger partial charge in [-0.3, -0.25) is 9.59 Å². The van der Waals surface area contributed by atoms with Gasteiger partial charge in [-0.1, -0.05) is 20.8 Å². The van der Waals surface area contributed by atoms with E-state index in [1.54, 1.807) is 0 Å². The molecule has 1 saturated heterocycles. The molecule has 0 spiro atoms. The Kier molecular flexibility index (Phi) is 4.20. The summed E-state index contributed by atoms with van der Waals surface area (Å²) in [6, 6.07) is 0.407. The summed E-state index contributed by atoms with van der Waals surface area (Å²) in [7, 11) is 2.01. The first-order chi connectivity index (χ1) is 12.2. The second-order valence-corrected chi connectivity index (χ2v) is 10.3. The molecule has 4 aliphatic rings. The molecule has 1 amide bonds. The standard InChI is InChI=1S/C22H35NO3/c1-13(20(25)26)15-6-7-16-14-5-8-18-22(3,12-10-19(24)23(18)4)17(14)9-11-21(15,16)2/h13-18H,5-12H2,1-4H3,(H,25,26)/t13-,14?,15+,16?,17?,18+,21+,22+/m0/s1. The number of carbonyl (C=O) groups excluding carboxylic acids is 1. The van der Waals surface area contributed by atoms with Gasteiger partial charge < -0.3 is 10.0 Å². The highest BCUT2D eigenvalue weighted by Crippen LogP contribution is 2.67. The molecule has 4 rings (SSSR count). The van der Waals surface area contributed by atoms with Gasteiger partial charge in [0, 0.05) is 19.5 Å². The number of amides is 1. The maximum atomic E-state index is 12.2. The van der Waals surface area contributed by atoms with E-state index in [9.17, 15) is 14.7 Å². The van der Waals surface area contributed by atoms with Gasteiger partial charge in [0.25, 0.3) is 0 Å². The molecule has 0 aromatic carbocycles. The lowest BCUT2D eigenvalue weighted by molar-refractivity contribution is -0.160. The number of rotatable bonds is 2. The molecule has 4 fully saturated rings. The fraction of sp³-hybridized carbons (Fsp3) is 0.909. The fourth-order valence-electron chi connectivity index (χ4n) is 8.18. The number of nitrogens with zero attached hydrogens (tertiary/aromatic N) is 1. The number of carboxylic acid groups (broad SMARTS) is 1. The molecule has 1 N–H and O–H groups in total. The Balaban J connectivity index is 1.61. The van der Waals surface area contributed by atoms with Crippen LogP contribution >= 0.6 is 0 Å². The second kappa shape index (κ2) is 5.97. The lowest BCUT2D eigenvalue weighted by Crippen LogP contribution is -2.61. The van der Waals surface area contributed by atoms with Crippen molar-refractivity contribution in [1.29, 1.82) is 0 Å². The average Bonchev–Trinajstić information content (AvgIpc) is 2.95. The molecule has 0 radical (unpaired) electrons. The summed E-state index contributed by atoms with van der Waals surface area (Å²) in [4.78, 5) is 25.9. The number of likely N-dealkylation sites (tertiary alicyclic amines) is 1. The van der Waals surface area contributed by atoms with Crippen molar-refractivity contribution in [2.45, 2.75) is 78.2 Å². The third kappa shape index (κ3) is 2.32. The number of aliphatic carboxylic acids is 1. The molecule has 4 nitrogen and oxygen atoms in total. The van der Waals surface area contributed by atoms with E-state index in [-0.39, 0.29) is 16.7 Å². The van der Waals surface area contributed by atoms with Gasteiger partial charge in [-0.25, -0.2) is 0 Å². The van der Waals surface area contributed by atoms with Crippen LogP contribution in [0.15, 0.2) is 0 Å². The van der Waals surface area contributed by atoms with Crippen molar-refractivity contribution in [3.63, 3.8) is 0 Å². The molecule has 1 aliphatic heterocycles. The summed E-state index contributed by atoms with van der Waals surface area (Å²) >= 11 is 0. The highest BCUT2D eigenvalue weighted by atomic mass is 16.4. The number of hydrogen-bond donors (Lipinski definition) is 1. The first-order valence-corrected chi connectivity index (χ1v) is 10.7. The molecule has 1 heterocycles. The molecule has 3 unspecified atom stereocenters. The summed E-state index contributed by atoms with van der Waals surface area (Å²) < 4.78 is 0. The first-order valence-electron chi connectivity index (χ1n) is 10.7. The average molecular weight is 362 g/mol. The minimum atomic E-state index is -0.623. The van der Waals surface area contributed by atoms with Crippen LogP contribution in [0.25, 0.3) is 0 Å². The van der Waals surface area contributed by atoms with Gasteiger partial charge in [0.15, 0.2) is 0 Å². The summed E-state index contributed by atoms with van der Waals surface area (Å²) in [5.41, 5.74) is 0.446. The van der Waals surface area contributed by atoms with Gasteiger partial charge in [0.2, 0.25) is 5.91 Å². The van der Waals surface area contributed by atoms with Crippen molar-refractivity contribution in [2.24, 2.45) is 40.4 Å². The highest BCUT2D eigenvalue weighted by molar-refractivity contribution is 5.77. The summed E-state index contributed by atoms with van der Waals surface area (Å²) in [6.07, 6.45) is 8.76. The van der Waals surface area contributed by atoms with Gasteiger partial charge in [0.05, 0.1) is 5.92 Å². The van der Waals surface area contributed by atoms with E-state index in [2.05, 4.69) is 18.7 Å². The van der Waals surface area contributed by atoms with E-state index in [1.165, 1.54) is 25.7 Å². The molecule has 4 heteroatoms. The number of hydrogen-bond acceptors (Lipinski definition) is 2. The van der Waals surface area contributed by atoms with Crippen molar-refractivity contribution < 1.29 is 14.7 Å². The lowest BCUT2D eigenvalue weighted by atomic mass is 9.46. The van der Waals surface area contributed by atoms with Crippen LogP contribution in [0.5, 0.6) is 0 Å². The largest absolute Gasteiger partial charge is 0.481 e. The Hall–Kier alpha value is -1.06. The van der Waals surface area contributed by atoms with E-state index in [1.807, 2.05) is 14.0 Å². The third-order valence-electron chi connectivity index (χ3n) is 9.62. The van der Waals surface area contributed by atoms with E-state index in [0.29, 0.717) is 36.1 Å². The maximum Gasteiger partial charge on any atom is 0.306 e. The van der Waals surface area contributed by atoms with E-state index < -0.39 is 5.97 Å². The molecule has 8 atom stereocenters. The van der Waals surface area contributed by atoms with Gasteiger partial charge >= 0.3 is 5.97 Å². The number of piperidine rings is 1. The number of carbonyl (C=O) groups is 2. The normalized spacial score (nSPS) is 49.2. The second-order valence-electron chi connectivity index (χ2n) is 10.3.